The van der Waals surface area contributed by atoms with Crippen molar-refractivity contribution in [2.45, 2.75) is 87.0 Å². The van der Waals surface area contributed by atoms with Crippen LogP contribution in [-0.2, 0) is 24.9 Å². The molecule has 2 heterocycles. The fourth-order valence-corrected chi connectivity index (χ4v) is 6.32. The number of aliphatic hydroxyl groups is 1. The Labute approximate surface area is 299 Å². The number of rotatable bonds is 10. The van der Waals surface area contributed by atoms with Crippen molar-refractivity contribution in [3.05, 3.63) is 107 Å². The van der Waals surface area contributed by atoms with Crippen LogP contribution in [0.4, 0.5) is 5.69 Å². The van der Waals surface area contributed by atoms with Crippen LogP contribution in [0.5, 0.6) is 0 Å². The molecule has 5 aromatic rings. The van der Waals surface area contributed by atoms with Gasteiger partial charge in [-0.1, -0.05) is 94.0 Å². The number of ketones is 1. The summed E-state index contributed by atoms with van der Waals surface area (Å²) in [5, 5.41) is 13.1. The molecule has 3 aromatic carbocycles. The van der Waals surface area contributed by atoms with E-state index in [0.717, 1.165) is 75.7 Å². The van der Waals surface area contributed by atoms with Gasteiger partial charge in [-0.2, -0.15) is 0 Å². The number of hydrogen-bond donors (Lipinski definition) is 1. The second-order valence-corrected chi connectivity index (χ2v) is 12.6. The van der Waals surface area contributed by atoms with E-state index in [9.17, 15) is 9.90 Å². The summed E-state index contributed by atoms with van der Waals surface area (Å²) in [6, 6.07) is 22.0. The Kier molecular flexibility index (Phi) is 13.9. The van der Waals surface area contributed by atoms with E-state index < -0.39 is 0 Å². The van der Waals surface area contributed by atoms with Gasteiger partial charge < -0.3 is 9.52 Å². The maximum atomic E-state index is 11.7. The summed E-state index contributed by atoms with van der Waals surface area (Å²) in [5.41, 5.74) is 7.52. The van der Waals surface area contributed by atoms with Crippen molar-refractivity contribution in [3.63, 3.8) is 0 Å². The number of fused-ring (bicyclic) bond motifs is 2. The molecule has 0 unspecified atom stereocenters. The molecule has 0 aliphatic carbocycles. The van der Waals surface area contributed by atoms with Gasteiger partial charge in [-0.3, -0.25) is 9.78 Å². The number of aromatic nitrogens is 1. The summed E-state index contributed by atoms with van der Waals surface area (Å²) >= 11 is 0. The van der Waals surface area contributed by atoms with Crippen molar-refractivity contribution < 1.29 is 34.4 Å². The molecule has 6 heteroatoms. The average molecular weight is 820 g/mol. The van der Waals surface area contributed by atoms with Crippen molar-refractivity contribution in [3.8, 4) is 22.6 Å². The average Bonchev–Trinajstić information content (AvgIpc) is 3.49. The molecule has 5 nitrogen and oxygen atoms in total. The third-order valence-corrected chi connectivity index (χ3v) is 9.09. The van der Waals surface area contributed by atoms with E-state index in [4.69, 9.17) is 16.0 Å². The molecule has 0 bridgehead atoms. The van der Waals surface area contributed by atoms with Gasteiger partial charge >= 0.3 is 0 Å². The van der Waals surface area contributed by atoms with E-state index in [1.807, 2.05) is 72.0 Å². The number of carbonyl (C=O) groups is 1. The van der Waals surface area contributed by atoms with Gasteiger partial charge in [-0.05, 0) is 57.6 Å². The molecule has 0 spiro atoms. The summed E-state index contributed by atoms with van der Waals surface area (Å²) < 4.78 is 6.43. The predicted molar refractivity (Wildman–Crippen MR) is 195 cm³/mol. The van der Waals surface area contributed by atoms with Crippen molar-refractivity contribution >= 4 is 33.2 Å². The molecule has 0 fully saturated rings. The third kappa shape index (κ3) is 8.51. The molecule has 0 aliphatic heterocycles. The van der Waals surface area contributed by atoms with Gasteiger partial charge in [-0.25, -0.2) is 4.85 Å². The van der Waals surface area contributed by atoms with Crippen LogP contribution in [0.1, 0.15) is 89.8 Å². The minimum atomic E-state index is 0. The number of aliphatic hydroxyl groups excluding tert-OH is 1. The SMILES string of the molecule is CCC(CC)C(=O)/C=C(\O)C(CC)CC.[C-]#[N+]c1cc(C)c(-c2cc3ccnc(-c4[c-]c5ccccc5c(C(C)C)c4)c3o2)c(C)c1.[Ir]. The molecule has 0 atom stereocenters. The number of aryl methyl sites for hydroxylation is 2. The van der Waals surface area contributed by atoms with E-state index in [1.165, 1.54) is 17.0 Å². The molecule has 253 valence electrons. The third-order valence-electron chi connectivity index (χ3n) is 9.09. The van der Waals surface area contributed by atoms with Crippen molar-refractivity contribution in [2.24, 2.45) is 11.8 Å². The van der Waals surface area contributed by atoms with Gasteiger partial charge in [0, 0.05) is 60.9 Å². The van der Waals surface area contributed by atoms with Crippen molar-refractivity contribution in [2.75, 3.05) is 0 Å². The Morgan fingerprint density at radius 3 is 2.17 bits per heavy atom. The van der Waals surface area contributed by atoms with E-state index in [-0.39, 0.29) is 43.5 Å². The van der Waals surface area contributed by atoms with Gasteiger partial charge in [0.1, 0.15) is 11.3 Å². The van der Waals surface area contributed by atoms with Crippen LogP contribution in [0.15, 0.2) is 77.0 Å². The monoisotopic (exact) mass is 820 g/mol. The second-order valence-electron chi connectivity index (χ2n) is 12.6. The van der Waals surface area contributed by atoms with E-state index >= 15 is 0 Å². The van der Waals surface area contributed by atoms with Crippen LogP contribution in [0.2, 0.25) is 0 Å². The number of nitrogens with zero attached hydrogens (tertiary/aromatic N) is 2. The van der Waals surface area contributed by atoms with Gasteiger partial charge in [0.25, 0.3) is 0 Å². The van der Waals surface area contributed by atoms with Crippen LogP contribution in [0.25, 0.3) is 49.2 Å². The minimum Gasteiger partial charge on any atom is -0.512 e. The largest absolute Gasteiger partial charge is 0.512 e. The molecule has 0 saturated heterocycles. The zero-order chi connectivity index (χ0) is 34.2. The summed E-state index contributed by atoms with van der Waals surface area (Å²) in [6.07, 6.45) is 6.74. The number of furan rings is 1. The van der Waals surface area contributed by atoms with Gasteiger partial charge in [0.05, 0.1) is 12.3 Å². The Morgan fingerprint density at radius 2 is 1.58 bits per heavy atom. The predicted octanol–water partition coefficient (Wildman–Crippen LogP) is 12.3. The number of hydrogen-bond acceptors (Lipinski definition) is 4. The van der Waals surface area contributed by atoms with Gasteiger partial charge in [0.15, 0.2) is 11.5 Å². The normalized spacial score (nSPS) is 11.5. The summed E-state index contributed by atoms with van der Waals surface area (Å²) in [4.78, 5) is 20.0. The summed E-state index contributed by atoms with van der Waals surface area (Å²) in [7, 11) is 0. The maximum Gasteiger partial charge on any atom is 0.187 e. The molecule has 0 aliphatic rings. The standard InChI is InChI=1S/C29H23N2O.C13H24O2.Ir/c1-17(2)25-15-22(14-20-8-6-7-9-24(20)25)28-29-21(10-11-31-28)16-26(32-29)27-18(3)12-23(30-5)13-19(27)4;1-5-10(6-2)12(14)9-13(15)11(7-3)8-4;/h6-13,15-17H,1-4H3;9-11,14H,5-8H2,1-4H3;/q-1;;/b;12-9-;. The first-order valence-electron chi connectivity index (χ1n) is 16.8. The molecule has 1 radical (unpaired) electrons. The van der Waals surface area contributed by atoms with Crippen LogP contribution in [0.3, 0.4) is 0 Å². The number of pyridine rings is 1. The smallest absolute Gasteiger partial charge is 0.187 e. The second kappa shape index (κ2) is 17.4. The van der Waals surface area contributed by atoms with Crippen molar-refractivity contribution in [1.29, 1.82) is 0 Å². The van der Waals surface area contributed by atoms with Crippen LogP contribution in [-0.4, -0.2) is 15.9 Å². The number of carbonyl (C=O) groups excluding carboxylic acids is 1. The quantitative estimate of drug-likeness (QED) is 0.0866. The first-order valence-corrected chi connectivity index (χ1v) is 16.8. The van der Waals surface area contributed by atoms with E-state index in [1.54, 1.807) is 0 Å². The number of benzene rings is 3. The zero-order valence-electron chi connectivity index (χ0n) is 29.4. The molecular weight excluding hydrogens is 773 g/mol. The van der Waals surface area contributed by atoms with Crippen molar-refractivity contribution in [1.82, 2.24) is 4.98 Å². The molecule has 5 rings (SSSR count). The molecule has 2 aromatic heterocycles. The molecule has 0 amide bonds. The zero-order valence-corrected chi connectivity index (χ0v) is 31.8. The van der Waals surface area contributed by atoms with Gasteiger partial charge in [-0.15, -0.1) is 29.1 Å². The Balaban J connectivity index is 0.000000334. The first-order chi connectivity index (χ1) is 22.6. The molecule has 0 saturated carbocycles. The van der Waals surface area contributed by atoms with Crippen LogP contribution < -0.4 is 0 Å². The fraction of sp³-hybridized carbons (Fsp3) is 0.357. The van der Waals surface area contributed by atoms with Crippen LogP contribution >= 0.6 is 0 Å². The van der Waals surface area contributed by atoms with E-state index in [2.05, 4.69) is 55.1 Å². The molecule has 1 N–H and O–H groups in total. The van der Waals surface area contributed by atoms with Gasteiger partial charge in [0.2, 0.25) is 0 Å². The summed E-state index contributed by atoms with van der Waals surface area (Å²) in [6.45, 7) is 23.9. The molecular formula is C42H47IrN2O3-. The summed E-state index contributed by atoms with van der Waals surface area (Å²) in [5.74, 6) is 1.72. The Hall–Kier alpha value is -4.04. The van der Waals surface area contributed by atoms with E-state index in [0.29, 0.717) is 11.6 Å². The fourth-order valence-electron chi connectivity index (χ4n) is 6.32. The Bertz CT molecular complexity index is 1920. The molecule has 48 heavy (non-hydrogen) atoms. The van der Waals surface area contributed by atoms with Crippen LogP contribution in [0, 0.1) is 38.3 Å². The Morgan fingerprint density at radius 1 is 0.958 bits per heavy atom. The number of allylic oxidation sites excluding steroid dienone is 2. The first kappa shape index (κ1) is 38.4. The minimum absolute atomic E-state index is 0. The topological polar surface area (TPSA) is 67.7 Å². The maximum absolute atomic E-state index is 11.7.